The van der Waals surface area contributed by atoms with E-state index in [4.69, 9.17) is 24.3 Å². The molecule has 10 heteroatoms. The molecule has 2 atom stereocenters. The number of rotatable bonds is 69. The number of hydrogen-bond acceptors (Lipinski definition) is 8. The minimum atomic E-state index is -4.39. The summed E-state index contributed by atoms with van der Waals surface area (Å²) in [6.07, 6.45) is 80.4. The predicted molar refractivity (Wildman–Crippen MR) is 345 cm³/mol. The zero-order chi connectivity index (χ0) is 58.0. The summed E-state index contributed by atoms with van der Waals surface area (Å²) in [5.74, 6) is -0.799. The third-order valence-corrected chi connectivity index (χ3v) is 17.4. The highest BCUT2D eigenvalue weighted by Crippen LogP contribution is 2.43. The number of carbonyl (C=O) groups excluding carboxylic acids is 2. The van der Waals surface area contributed by atoms with Crippen molar-refractivity contribution in [3.05, 3.63) is 12.2 Å². The minimum absolute atomic E-state index is 0.0580. The highest BCUT2D eigenvalue weighted by Gasteiger charge is 2.26. The molecular formula is C70H138NO8P. The van der Waals surface area contributed by atoms with Gasteiger partial charge in [-0.2, -0.15) is 0 Å². The Kier molecular flexibility index (Phi) is 65.8. The third kappa shape index (κ3) is 65.9. The summed E-state index contributed by atoms with van der Waals surface area (Å²) in [5.41, 5.74) is 5.40. The molecular weight excluding hydrogens is 1010 g/mol. The van der Waals surface area contributed by atoms with Crippen molar-refractivity contribution in [1.82, 2.24) is 0 Å². The van der Waals surface area contributed by atoms with Crippen LogP contribution in [0.2, 0.25) is 0 Å². The molecule has 0 bridgehead atoms. The zero-order valence-corrected chi connectivity index (χ0v) is 54.5. The van der Waals surface area contributed by atoms with Gasteiger partial charge in [0, 0.05) is 19.4 Å². The summed E-state index contributed by atoms with van der Waals surface area (Å²) >= 11 is 0. The Hall–Kier alpha value is -1.25. The maximum atomic E-state index is 12.8. The molecule has 0 saturated heterocycles. The molecule has 476 valence electrons. The van der Waals surface area contributed by atoms with E-state index < -0.39 is 26.5 Å². The van der Waals surface area contributed by atoms with Crippen molar-refractivity contribution in [3.8, 4) is 0 Å². The number of unbranched alkanes of at least 4 members (excludes halogenated alkanes) is 54. The van der Waals surface area contributed by atoms with Gasteiger partial charge in [0.05, 0.1) is 13.2 Å². The molecule has 0 saturated carbocycles. The van der Waals surface area contributed by atoms with Crippen molar-refractivity contribution in [2.24, 2.45) is 5.73 Å². The fraction of sp³-hybridized carbons (Fsp3) is 0.943. The van der Waals surface area contributed by atoms with Gasteiger partial charge in [-0.3, -0.25) is 18.6 Å². The normalized spacial score (nSPS) is 12.9. The van der Waals surface area contributed by atoms with E-state index in [1.54, 1.807) is 0 Å². The van der Waals surface area contributed by atoms with Crippen LogP contribution in [0.25, 0.3) is 0 Å². The molecule has 80 heavy (non-hydrogen) atoms. The minimum Gasteiger partial charge on any atom is -0.462 e. The maximum absolute atomic E-state index is 12.8. The summed E-state index contributed by atoms with van der Waals surface area (Å²) in [7, 11) is -4.39. The SMILES string of the molecule is CCCCCCCCCC/C=C\CCCCCCCCCCCCCCCCCCCCCCCCCC(=O)OC(COC(=O)CCCCCCCCCCCCCCCCCCCCCCCCCC)COP(=O)(O)OCCN. The third-order valence-electron chi connectivity index (χ3n) is 16.4. The van der Waals surface area contributed by atoms with Gasteiger partial charge in [0.25, 0.3) is 0 Å². The topological polar surface area (TPSA) is 134 Å². The Morgan fingerprint density at radius 1 is 0.362 bits per heavy atom. The van der Waals surface area contributed by atoms with Crippen molar-refractivity contribution < 1.29 is 37.6 Å². The van der Waals surface area contributed by atoms with E-state index in [1.807, 2.05) is 0 Å². The lowest BCUT2D eigenvalue weighted by atomic mass is 10.0. The molecule has 0 rings (SSSR count). The number of esters is 2. The largest absolute Gasteiger partial charge is 0.472 e. The van der Waals surface area contributed by atoms with Gasteiger partial charge in [0.15, 0.2) is 6.10 Å². The summed E-state index contributed by atoms with van der Waals surface area (Å²) in [6, 6.07) is 0. The Morgan fingerprint density at radius 3 is 0.887 bits per heavy atom. The van der Waals surface area contributed by atoms with Gasteiger partial charge in [-0.1, -0.05) is 353 Å². The zero-order valence-electron chi connectivity index (χ0n) is 53.6. The molecule has 0 aliphatic heterocycles. The van der Waals surface area contributed by atoms with E-state index in [9.17, 15) is 19.0 Å². The van der Waals surface area contributed by atoms with Crippen LogP contribution in [0.15, 0.2) is 12.2 Å². The number of ether oxygens (including phenoxy) is 2. The first-order valence-corrected chi connectivity index (χ1v) is 37.2. The Labute approximate surface area is 498 Å². The van der Waals surface area contributed by atoms with Crippen molar-refractivity contribution in [1.29, 1.82) is 0 Å². The van der Waals surface area contributed by atoms with Gasteiger partial charge in [-0.05, 0) is 38.5 Å². The van der Waals surface area contributed by atoms with Crippen LogP contribution < -0.4 is 5.73 Å². The van der Waals surface area contributed by atoms with Crippen LogP contribution in [0.1, 0.15) is 393 Å². The van der Waals surface area contributed by atoms with E-state index >= 15 is 0 Å². The van der Waals surface area contributed by atoms with Crippen LogP contribution in [0, 0.1) is 0 Å². The molecule has 0 radical (unpaired) electrons. The molecule has 0 aromatic heterocycles. The van der Waals surface area contributed by atoms with Crippen LogP contribution in [0.5, 0.6) is 0 Å². The molecule has 0 amide bonds. The van der Waals surface area contributed by atoms with Crippen molar-refractivity contribution in [2.75, 3.05) is 26.4 Å². The molecule has 0 fully saturated rings. The number of carbonyl (C=O) groups is 2. The average Bonchev–Trinajstić information content (AvgIpc) is 3.45. The van der Waals surface area contributed by atoms with Gasteiger partial charge in [-0.15, -0.1) is 0 Å². The fourth-order valence-corrected chi connectivity index (χ4v) is 11.9. The number of phosphoric acid groups is 1. The smallest absolute Gasteiger partial charge is 0.462 e. The number of phosphoric ester groups is 1. The molecule has 0 aliphatic rings. The van der Waals surface area contributed by atoms with Gasteiger partial charge < -0.3 is 20.1 Å². The Bertz CT molecular complexity index is 1320. The molecule has 0 aromatic rings. The van der Waals surface area contributed by atoms with E-state index in [0.717, 1.165) is 32.1 Å². The van der Waals surface area contributed by atoms with Gasteiger partial charge in [0.2, 0.25) is 0 Å². The lowest BCUT2D eigenvalue weighted by molar-refractivity contribution is -0.161. The van der Waals surface area contributed by atoms with Gasteiger partial charge >= 0.3 is 19.8 Å². The lowest BCUT2D eigenvalue weighted by Gasteiger charge is -2.19. The summed E-state index contributed by atoms with van der Waals surface area (Å²) in [6.45, 7) is 3.84. The molecule has 9 nitrogen and oxygen atoms in total. The summed E-state index contributed by atoms with van der Waals surface area (Å²) < 4.78 is 33.2. The first-order chi connectivity index (χ1) is 39.3. The summed E-state index contributed by atoms with van der Waals surface area (Å²) in [4.78, 5) is 35.3. The monoisotopic (exact) mass is 1150 g/mol. The standard InChI is InChI=1S/C70H138NO8P/c1-3-5-7-9-11-13-15-17-19-21-23-25-27-29-30-31-32-33-34-35-36-37-38-39-41-43-45-47-49-51-53-55-57-59-61-63-70(73)79-68(67-78-80(74,75)77-65-64-71)66-76-69(72)62-60-58-56-54-52-50-48-46-44-42-40-28-26-24-22-20-18-16-14-12-10-8-6-4-2/h21,23,68H,3-20,22,24-67,71H2,1-2H3,(H,74,75)/b23-21-. The highest BCUT2D eigenvalue weighted by atomic mass is 31.2. The quantitative estimate of drug-likeness (QED) is 0.0264. The van der Waals surface area contributed by atoms with E-state index in [2.05, 4.69) is 26.0 Å². The number of nitrogens with two attached hydrogens (primary N) is 1. The first kappa shape index (κ1) is 78.8. The molecule has 0 spiro atoms. The lowest BCUT2D eigenvalue weighted by Crippen LogP contribution is -2.29. The molecule has 0 heterocycles. The van der Waals surface area contributed by atoms with Crippen LogP contribution in [-0.4, -0.2) is 49.3 Å². The number of allylic oxidation sites excluding steroid dienone is 2. The van der Waals surface area contributed by atoms with Crippen LogP contribution >= 0.6 is 7.82 Å². The highest BCUT2D eigenvalue weighted by molar-refractivity contribution is 7.47. The van der Waals surface area contributed by atoms with Gasteiger partial charge in [-0.25, -0.2) is 4.57 Å². The maximum Gasteiger partial charge on any atom is 0.472 e. The predicted octanol–water partition coefficient (Wildman–Crippen LogP) is 23.1. The second-order valence-electron chi connectivity index (χ2n) is 24.5. The van der Waals surface area contributed by atoms with E-state index in [0.29, 0.717) is 6.42 Å². The second-order valence-corrected chi connectivity index (χ2v) is 25.9. The number of hydrogen-bond donors (Lipinski definition) is 2. The molecule has 0 aromatic carbocycles. The van der Waals surface area contributed by atoms with Crippen LogP contribution in [0.4, 0.5) is 0 Å². The van der Waals surface area contributed by atoms with Crippen molar-refractivity contribution in [2.45, 2.75) is 399 Å². The molecule has 0 aliphatic carbocycles. The summed E-state index contributed by atoms with van der Waals surface area (Å²) in [5, 5.41) is 0. The van der Waals surface area contributed by atoms with E-state index in [-0.39, 0.29) is 38.6 Å². The molecule has 2 unspecified atom stereocenters. The van der Waals surface area contributed by atoms with E-state index in [1.165, 1.54) is 327 Å². The van der Waals surface area contributed by atoms with Crippen molar-refractivity contribution in [3.63, 3.8) is 0 Å². The Morgan fingerprint density at radius 2 is 0.613 bits per heavy atom. The fourth-order valence-electron chi connectivity index (χ4n) is 11.1. The molecule has 3 N–H and O–H groups in total. The van der Waals surface area contributed by atoms with Crippen molar-refractivity contribution >= 4 is 19.8 Å². The first-order valence-electron chi connectivity index (χ1n) is 35.7. The Balaban J connectivity index is 3.78. The van der Waals surface area contributed by atoms with Crippen LogP contribution in [0.3, 0.4) is 0 Å². The average molecular weight is 1150 g/mol. The van der Waals surface area contributed by atoms with Gasteiger partial charge in [0.1, 0.15) is 6.61 Å². The van der Waals surface area contributed by atoms with Crippen LogP contribution in [-0.2, 0) is 32.7 Å². The second kappa shape index (κ2) is 66.9.